The molecule has 0 bridgehead atoms. The van der Waals surface area contributed by atoms with Gasteiger partial charge < -0.3 is 29.2 Å². The molecule has 0 saturated carbocycles. The maximum Gasteiger partial charge on any atom is 0.181 e. The van der Waals surface area contributed by atoms with Gasteiger partial charge in [-0.2, -0.15) is 0 Å². The largest absolute Gasteiger partial charge is 0.388 e. The second-order valence-electron chi connectivity index (χ2n) is 10.1. The quantitative estimate of drug-likeness (QED) is 0.737. The first kappa shape index (κ1) is 20.5. The molecule has 3 aliphatic heterocycles. The van der Waals surface area contributed by atoms with Gasteiger partial charge in [-0.1, -0.05) is 41.5 Å². The Labute approximate surface area is 157 Å². The molecule has 0 aliphatic carbocycles. The minimum absolute atomic E-state index is 0.00662. The fourth-order valence-electron chi connectivity index (χ4n) is 4.66. The standard InChI is InChI=1S/C20H36O6/c1-8-12-20(7)15(26-20)13(21)14(25-12)19(5,6)9-11-10-23-17(22)16(24-11)18(2,3)4/h11-17,21-22H,8-10H2,1-7H3/t11?,12?,13?,14-,15?,16-,17?,20+/m0/s1. The molecule has 3 saturated heterocycles. The first-order chi connectivity index (χ1) is 11.9. The average Bonchev–Trinajstić information content (AvgIpc) is 3.22. The molecule has 0 aromatic heterocycles. The number of aliphatic hydroxyl groups is 2. The van der Waals surface area contributed by atoms with Gasteiger partial charge in [-0.15, -0.1) is 0 Å². The fourth-order valence-corrected chi connectivity index (χ4v) is 4.66. The van der Waals surface area contributed by atoms with E-state index in [1.54, 1.807) is 0 Å². The van der Waals surface area contributed by atoms with E-state index in [4.69, 9.17) is 18.9 Å². The summed E-state index contributed by atoms with van der Waals surface area (Å²) in [7, 11) is 0. The van der Waals surface area contributed by atoms with Gasteiger partial charge in [0.2, 0.25) is 0 Å². The van der Waals surface area contributed by atoms with Crippen LogP contribution in [0.4, 0.5) is 0 Å². The van der Waals surface area contributed by atoms with Crippen LogP contribution in [0, 0.1) is 10.8 Å². The summed E-state index contributed by atoms with van der Waals surface area (Å²) in [6, 6.07) is 0. The number of hydrogen-bond donors (Lipinski definition) is 2. The highest BCUT2D eigenvalue weighted by molar-refractivity contribution is 5.14. The third kappa shape index (κ3) is 3.56. The molecule has 0 spiro atoms. The number of hydrogen-bond acceptors (Lipinski definition) is 6. The van der Waals surface area contributed by atoms with Crippen molar-refractivity contribution in [3.63, 3.8) is 0 Å². The predicted molar refractivity (Wildman–Crippen MR) is 96.7 cm³/mol. The molecular weight excluding hydrogens is 336 g/mol. The van der Waals surface area contributed by atoms with Crippen LogP contribution in [0.3, 0.4) is 0 Å². The zero-order valence-corrected chi connectivity index (χ0v) is 17.2. The maximum absolute atomic E-state index is 10.8. The summed E-state index contributed by atoms with van der Waals surface area (Å²) in [5, 5.41) is 20.9. The first-order valence-electron chi connectivity index (χ1n) is 9.86. The Morgan fingerprint density at radius 1 is 1.04 bits per heavy atom. The lowest BCUT2D eigenvalue weighted by atomic mass is 9.74. The molecule has 0 aromatic carbocycles. The van der Waals surface area contributed by atoms with Gasteiger partial charge >= 0.3 is 0 Å². The highest BCUT2D eigenvalue weighted by Gasteiger charge is 2.67. The molecule has 2 N–H and O–H groups in total. The summed E-state index contributed by atoms with van der Waals surface area (Å²) in [6.45, 7) is 14.7. The Morgan fingerprint density at radius 3 is 2.27 bits per heavy atom. The monoisotopic (exact) mass is 372 g/mol. The molecule has 5 unspecified atom stereocenters. The minimum atomic E-state index is -0.907. The zero-order valence-electron chi connectivity index (χ0n) is 17.2. The lowest BCUT2D eigenvalue weighted by Crippen LogP contribution is -2.57. The predicted octanol–water partition coefficient (Wildman–Crippen LogP) is 2.25. The highest BCUT2D eigenvalue weighted by atomic mass is 16.7. The number of fused-ring (bicyclic) bond motifs is 1. The fraction of sp³-hybridized carbons (Fsp3) is 1.00. The molecule has 3 heterocycles. The van der Waals surface area contributed by atoms with Crippen molar-refractivity contribution in [1.29, 1.82) is 0 Å². The SMILES string of the molecule is CCC1O[C@H](C(C)(C)CC2COC(O)[C@@H](C(C)(C)C)O2)C(O)C2O[C@]12C. The Morgan fingerprint density at radius 2 is 1.69 bits per heavy atom. The van der Waals surface area contributed by atoms with Crippen LogP contribution in [0.15, 0.2) is 0 Å². The van der Waals surface area contributed by atoms with Crippen molar-refractivity contribution in [2.75, 3.05) is 6.61 Å². The summed E-state index contributed by atoms with van der Waals surface area (Å²) in [4.78, 5) is 0. The molecule has 3 fully saturated rings. The molecule has 8 atom stereocenters. The van der Waals surface area contributed by atoms with Crippen molar-refractivity contribution in [1.82, 2.24) is 0 Å². The third-order valence-electron chi connectivity index (χ3n) is 6.26. The lowest BCUT2D eigenvalue weighted by molar-refractivity contribution is -0.283. The molecule has 6 heteroatoms. The van der Waals surface area contributed by atoms with Gasteiger partial charge in [0.25, 0.3) is 0 Å². The van der Waals surface area contributed by atoms with Gasteiger partial charge in [0.1, 0.15) is 23.9 Å². The minimum Gasteiger partial charge on any atom is -0.388 e. The molecular formula is C20H36O6. The van der Waals surface area contributed by atoms with Crippen LogP contribution < -0.4 is 0 Å². The van der Waals surface area contributed by atoms with Crippen LogP contribution in [0.2, 0.25) is 0 Å². The van der Waals surface area contributed by atoms with Crippen LogP contribution in [0.25, 0.3) is 0 Å². The Hall–Kier alpha value is -0.240. The molecule has 0 radical (unpaired) electrons. The van der Waals surface area contributed by atoms with Crippen molar-refractivity contribution in [2.24, 2.45) is 10.8 Å². The normalized spacial score (nSPS) is 46.7. The summed E-state index contributed by atoms with van der Waals surface area (Å²) in [6.07, 6.45) is -1.04. The van der Waals surface area contributed by atoms with Gasteiger partial charge in [0.15, 0.2) is 6.29 Å². The summed E-state index contributed by atoms with van der Waals surface area (Å²) in [5.41, 5.74) is -0.897. The molecule has 26 heavy (non-hydrogen) atoms. The number of rotatable bonds is 4. The number of aliphatic hydroxyl groups excluding tert-OH is 2. The van der Waals surface area contributed by atoms with Crippen molar-refractivity contribution in [3.05, 3.63) is 0 Å². The molecule has 0 amide bonds. The van der Waals surface area contributed by atoms with E-state index in [2.05, 4.69) is 20.8 Å². The van der Waals surface area contributed by atoms with E-state index in [-0.39, 0.29) is 47.0 Å². The Balaban J connectivity index is 1.68. The van der Waals surface area contributed by atoms with Crippen molar-refractivity contribution < 1.29 is 29.2 Å². The van der Waals surface area contributed by atoms with E-state index in [1.165, 1.54) is 0 Å². The Kier molecular flexibility index (Phi) is 5.26. The van der Waals surface area contributed by atoms with Crippen LogP contribution in [-0.2, 0) is 18.9 Å². The molecule has 152 valence electrons. The van der Waals surface area contributed by atoms with Gasteiger partial charge in [-0.05, 0) is 30.6 Å². The van der Waals surface area contributed by atoms with Crippen LogP contribution >= 0.6 is 0 Å². The molecule has 6 nitrogen and oxygen atoms in total. The van der Waals surface area contributed by atoms with Gasteiger partial charge in [-0.3, -0.25) is 0 Å². The zero-order chi connectivity index (χ0) is 19.5. The van der Waals surface area contributed by atoms with E-state index in [9.17, 15) is 10.2 Å². The van der Waals surface area contributed by atoms with Crippen molar-refractivity contribution >= 4 is 0 Å². The molecule has 3 rings (SSSR count). The lowest BCUT2D eigenvalue weighted by Gasteiger charge is -2.46. The average molecular weight is 373 g/mol. The highest BCUT2D eigenvalue weighted by Crippen LogP contribution is 2.52. The van der Waals surface area contributed by atoms with E-state index >= 15 is 0 Å². The van der Waals surface area contributed by atoms with Gasteiger partial charge in [-0.25, -0.2) is 0 Å². The second-order valence-corrected chi connectivity index (χ2v) is 10.1. The molecule has 3 aliphatic rings. The number of ether oxygens (including phenoxy) is 4. The molecule has 0 aromatic rings. The van der Waals surface area contributed by atoms with Crippen LogP contribution in [-0.4, -0.2) is 65.3 Å². The topological polar surface area (TPSA) is 80.7 Å². The van der Waals surface area contributed by atoms with Crippen LogP contribution in [0.1, 0.15) is 61.3 Å². The second kappa shape index (κ2) is 6.68. The van der Waals surface area contributed by atoms with E-state index in [0.29, 0.717) is 13.0 Å². The van der Waals surface area contributed by atoms with Crippen LogP contribution in [0.5, 0.6) is 0 Å². The summed E-state index contributed by atoms with van der Waals surface area (Å²) in [5.74, 6) is 0. The first-order valence-corrected chi connectivity index (χ1v) is 9.86. The summed E-state index contributed by atoms with van der Waals surface area (Å²) < 4.78 is 23.9. The van der Waals surface area contributed by atoms with Crippen molar-refractivity contribution in [2.45, 2.75) is 110 Å². The number of epoxide rings is 1. The van der Waals surface area contributed by atoms with E-state index in [0.717, 1.165) is 6.42 Å². The Bertz CT molecular complexity index is 515. The van der Waals surface area contributed by atoms with E-state index < -0.39 is 12.4 Å². The van der Waals surface area contributed by atoms with Gasteiger partial charge in [0.05, 0.1) is 24.9 Å². The summed E-state index contributed by atoms with van der Waals surface area (Å²) >= 11 is 0. The van der Waals surface area contributed by atoms with Gasteiger partial charge in [0, 0.05) is 0 Å². The third-order valence-corrected chi connectivity index (χ3v) is 6.26. The maximum atomic E-state index is 10.8. The smallest absolute Gasteiger partial charge is 0.181 e. The van der Waals surface area contributed by atoms with Crippen molar-refractivity contribution in [3.8, 4) is 0 Å². The van der Waals surface area contributed by atoms with E-state index in [1.807, 2.05) is 27.7 Å².